The molecule has 152 valence electrons. The summed E-state index contributed by atoms with van der Waals surface area (Å²) in [4.78, 5) is 26.4. The van der Waals surface area contributed by atoms with Crippen LogP contribution in [0.25, 0.3) is 0 Å². The average Bonchev–Trinajstić information content (AvgIpc) is 3.01. The highest BCUT2D eigenvalue weighted by molar-refractivity contribution is 8.01. The Bertz CT molecular complexity index is 724. The van der Waals surface area contributed by atoms with Gasteiger partial charge in [-0.15, -0.1) is 11.8 Å². The van der Waals surface area contributed by atoms with Gasteiger partial charge in [0, 0.05) is 31.0 Å². The van der Waals surface area contributed by atoms with E-state index in [-0.39, 0.29) is 19.1 Å². The van der Waals surface area contributed by atoms with Crippen LogP contribution in [0.4, 0.5) is 11.4 Å². The molecule has 0 bridgehead atoms. The van der Waals surface area contributed by atoms with Crippen molar-refractivity contribution >= 4 is 35.0 Å². The molecule has 1 saturated heterocycles. The molecule has 0 aliphatic carbocycles. The van der Waals surface area contributed by atoms with E-state index in [2.05, 4.69) is 10.6 Å². The zero-order valence-electron chi connectivity index (χ0n) is 16.1. The van der Waals surface area contributed by atoms with E-state index >= 15 is 0 Å². The summed E-state index contributed by atoms with van der Waals surface area (Å²) in [6.45, 7) is 5.01. The third kappa shape index (κ3) is 5.30. The van der Waals surface area contributed by atoms with Gasteiger partial charge in [-0.1, -0.05) is 6.07 Å². The van der Waals surface area contributed by atoms with Crippen LogP contribution in [0.2, 0.25) is 0 Å². The molecule has 1 heterocycles. The molecule has 1 aromatic carbocycles. The molecule has 1 aliphatic heterocycles. The Morgan fingerprint density at radius 3 is 2.71 bits per heavy atom. The summed E-state index contributed by atoms with van der Waals surface area (Å²) in [7, 11) is 0. The molecular formula is C19H26N4O4S. The van der Waals surface area contributed by atoms with Gasteiger partial charge >= 0.3 is 5.97 Å². The third-order valence-electron chi connectivity index (χ3n) is 4.27. The highest BCUT2D eigenvalue weighted by Crippen LogP contribution is 2.36. The van der Waals surface area contributed by atoms with Crippen molar-refractivity contribution in [2.75, 3.05) is 43.5 Å². The first kappa shape index (κ1) is 21.9. The summed E-state index contributed by atoms with van der Waals surface area (Å²) < 4.78 is 4.99. The second-order valence-corrected chi connectivity index (χ2v) is 7.43. The van der Waals surface area contributed by atoms with Gasteiger partial charge in [0.15, 0.2) is 5.92 Å². The van der Waals surface area contributed by atoms with Gasteiger partial charge in [-0.05, 0) is 32.0 Å². The van der Waals surface area contributed by atoms with E-state index in [1.807, 2.05) is 37.3 Å². The van der Waals surface area contributed by atoms with Crippen LogP contribution in [0, 0.1) is 17.2 Å². The number of hydrogen-bond donors (Lipinski definition) is 3. The Morgan fingerprint density at radius 2 is 2.11 bits per heavy atom. The minimum atomic E-state index is -1.01. The number of anilines is 2. The van der Waals surface area contributed by atoms with Gasteiger partial charge in [0.05, 0.1) is 19.3 Å². The number of aliphatic hydroxyl groups excluding tert-OH is 1. The van der Waals surface area contributed by atoms with Gasteiger partial charge in [-0.3, -0.25) is 9.59 Å². The Kier molecular flexibility index (Phi) is 8.42. The molecule has 2 rings (SSSR count). The summed E-state index contributed by atoms with van der Waals surface area (Å²) in [5.74, 6) is -1.70. The molecule has 3 atom stereocenters. The molecule has 9 heteroatoms. The quantitative estimate of drug-likeness (QED) is 0.501. The third-order valence-corrected chi connectivity index (χ3v) is 5.77. The van der Waals surface area contributed by atoms with Crippen molar-refractivity contribution in [1.29, 1.82) is 5.26 Å². The first-order valence-corrected chi connectivity index (χ1v) is 10.2. The molecule has 3 unspecified atom stereocenters. The maximum absolute atomic E-state index is 12.7. The lowest BCUT2D eigenvalue weighted by Crippen LogP contribution is -2.41. The zero-order valence-corrected chi connectivity index (χ0v) is 16.9. The van der Waals surface area contributed by atoms with Gasteiger partial charge in [-0.2, -0.15) is 5.26 Å². The molecule has 1 fully saturated rings. The number of rotatable bonds is 10. The van der Waals surface area contributed by atoms with E-state index in [0.717, 1.165) is 11.4 Å². The van der Waals surface area contributed by atoms with E-state index < -0.39 is 22.5 Å². The van der Waals surface area contributed by atoms with Gasteiger partial charge < -0.3 is 25.4 Å². The number of aliphatic hydroxyl groups is 1. The normalized spacial score (nSPS) is 19.8. The molecule has 0 radical (unpaired) electrons. The maximum Gasteiger partial charge on any atom is 0.326 e. The molecular weight excluding hydrogens is 380 g/mol. The fourth-order valence-corrected chi connectivity index (χ4v) is 4.45. The van der Waals surface area contributed by atoms with Crippen molar-refractivity contribution in [3.05, 3.63) is 24.3 Å². The lowest BCUT2D eigenvalue weighted by molar-refractivity contribution is -0.147. The molecule has 8 nitrogen and oxygen atoms in total. The van der Waals surface area contributed by atoms with Crippen LogP contribution in [0.5, 0.6) is 0 Å². The Balaban J connectivity index is 2.04. The van der Waals surface area contributed by atoms with Crippen LogP contribution < -0.4 is 10.6 Å². The predicted molar refractivity (Wildman–Crippen MR) is 109 cm³/mol. The topological polar surface area (TPSA) is 115 Å². The van der Waals surface area contributed by atoms with Crippen LogP contribution in [-0.4, -0.2) is 65.4 Å². The van der Waals surface area contributed by atoms with Crippen LogP contribution in [0.3, 0.4) is 0 Å². The molecule has 0 spiro atoms. The molecule has 1 aromatic rings. The maximum atomic E-state index is 12.7. The van der Waals surface area contributed by atoms with E-state index in [4.69, 9.17) is 9.84 Å². The second-order valence-electron chi connectivity index (χ2n) is 6.11. The van der Waals surface area contributed by atoms with Gasteiger partial charge in [-0.25, -0.2) is 0 Å². The smallest absolute Gasteiger partial charge is 0.326 e. The summed E-state index contributed by atoms with van der Waals surface area (Å²) in [5.41, 5.74) is 1.70. The fourth-order valence-electron chi connectivity index (χ4n) is 2.95. The fraction of sp³-hybridized carbons (Fsp3) is 0.526. The van der Waals surface area contributed by atoms with Crippen LogP contribution >= 0.6 is 11.8 Å². The van der Waals surface area contributed by atoms with E-state index in [1.165, 1.54) is 11.8 Å². The number of thioether (sulfide) groups is 1. The van der Waals surface area contributed by atoms with Crippen molar-refractivity contribution in [2.24, 2.45) is 5.92 Å². The molecule has 1 aliphatic rings. The number of hydrogen-bond acceptors (Lipinski definition) is 8. The van der Waals surface area contributed by atoms with Crippen LogP contribution in [0.15, 0.2) is 24.3 Å². The predicted octanol–water partition coefficient (Wildman–Crippen LogP) is 1.50. The minimum Gasteiger partial charge on any atom is -0.465 e. The number of nitrogens with one attached hydrogen (secondary N) is 2. The summed E-state index contributed by atoms with van der Waals surface area (Å²) in [6, 6.07) is 9.54. The second kappa shape index (κ2) is 10.8. The Labute approximate surface area is 169 Å². The standard InChI is InChI=1S/C19H26N4O4S/c1-3-23-17(25)16(28-18(23)15(11-20)19(26)27-4-2)12-22-14-7-5-6-13(10-14)21-8-9-24/h5-7,10,15-16,18,21-22,24H,3-4,8-9,12H2,1-2H3. The number of carbonyl (C=O) groups is 2. The van der Waals surface area contributed by atoms with E-state index in [9.17, 15) is 14.9 Å². The molecule has 28 heavy (non-hydrogen) atoms. The highest BCUT2D eigenvalue weighted by Gasteiger charge is 2.46. The van der Waals surface area contributed by atoms with Gasteiger partial charge in [0.25, 0.3) is 0 Å². The zero-order chi connectivity index (χ0) is 20.5. The minimum absolute atomic E-state index is 0.0413. The van der Waals surface area contributed by atoms with Crippen molar-refractivity contribution in [1.82, 2.24) is 4.90 Å². The molecule has 1 amide bonds. The SMILES string of the molecule is CCOC(=O)C(C#N)C1SC(CNc2cccc(NCCO)c2)C(=O)N1CC. The van der Waals surface area contributed by atoms with Crippen LogP contribution in [-0.2, 0) is 14.3 Å². The largest absolute Gasteiger partial charge is 0.465 e. The summed E-state index contributed by atoms with van der Waals surface area (Å²) in [6.07, 6.45) is 0. The highest BCUT2D eigenvalue weighted by atomic mass is 32.2. The molecule has 0 saturated carbocycles. The number of carbonyl (C=O) groups excluding carboxylic acids is 2. The Hall–Kier alpha value is -2.44. The van der Waals surface area contributed by atoms with Crippen molar-refractivity contribution in [3.8, 4) is 6.07 Å². The lowest BCUT2D eigenvalue weighted by atomic mass is 10.1. The molecule has 3 N–H and O–H groups in total. The lowest BCUT2D eigenvalue weighted by Gasteiger charge is -2.24. The van der Waals surface area contributed by atoms with Gasteiger partial charge in [0.1, 0.15) is 10.6 Å². The van der Waals surface area contributed by atoms with Crippen molar-refractivity contribution < 1.29 is 19.4 Å². The van der Waals surface area contributed by atoms with Crippen molar-refractivity contribution in [3.63, 3.8) is 0 Å². The number of ether oxygens (including phenoxy) is 1. The summed E-state index contributed by atoms with van der Waals surface area (Å²) in [5, 5.41) is 23.7. The van der Waals surface area contributed by atoms with E-state index in [1.54, 1.807) is 11.8 Å². The first-order chi connectivity index (χ1) is 13.5. The first-order valence-electron chi connectivity index (χ1n) is 9.26. The van der Waals surface area contributed by atoms with E-state index in [0.29, 0.717) is 19.6 Å². The summed E-state index contributed by atoms with van der Waals surface area (Å²) >= 11 is 1.32. The monoisotopic (exact) mass is 406 g/mol. The average molecular weight is 407 g/mol. The van der Waals surface area contributed by atoms with Gasteiger partial charge in [0.2, 0.25) is 5.91 Å². The number of nitrogens with zero attached hydrogens (tertiary/aromatic N) is 2. The molecule has 0 aromatic heterocycles. The van der Waals surface area contributed by atoms with Crippen molar-refractivity contribution in [2.45, 2.75) is 24.5 Å². The number of nitriles is 1. The number of amides is 1. The number of esters is 1. The Morgan fingerprint density at radius 1 is 1.39 bits per heavy atom. The number of benzene rings is 1. The van der Waals surface area contributed by atoms with Crippen LogP contribution in [0.1, 0.15) is 13.8 Å².